The van der Waals surface area contributed by atoms with Crippen molar-refractivity contribution in [2.45, 2.75) is 12.8 Å². The first-order valence-corrected chi connectivity index (χ1v) is 11.5. The number of hydrogen-bond donors (Lipinski definition) is 2. The number of amides is 1. The molecule has 0 radical (unpaired) electrons. The van der Waals surface area contributed by atoms with Gasteiger partial charge in [-0.25, -0.2) is 4.98 Å². The molecular weight excluding hydrogens is 469 g/mol. The van der Waals surface area contributed by atoms with Crippen molar-refractivity contribution in [3.05, 3.63) is 46.4 Å². The van der Waals surface area contributed by atoms with Gasteiger partial charge in [-0.3, -0.25) is 4.79 Å². The van der Waals surface area contributed by atoms with Gasteiger partial charge in [-0.15, -0.1) is 12.4 Å². The average Bonchev–Trinajstić information content (AvgIpc) is 3.22. The van der Waals surface area contributed by atoms with Gasteiger partial charge in [-0.2, -0.15) is 0 Å². The number of piperazine rings is 1. The minimum atomic E-state index is 0. The zero-order chi connectivity index (χ0) is 21.4. The Morgan fingerprint density at radius 1 is 1.00 bits per heavy atom. The molecule has 6 nitrogen and oxygen atoms in total. The summed E-state index contributed by atoms with van der Waals surface area (Å²) < 4.78 is 0. The number of imidazole rings is 1. The van der Waals surface area contributed by atoms with Gasteiger partial charge in [0.2, 0.25) is 5.91 Å². The molecule has 2 aromatic carbocycles. The number of H-pyrrole nitrogens is 1. The normalized spacial score (nSPS) is 17.4. The van der Waals surface area contributed by atoms with Crippen molar-refractivity contribution >= 4 is 58.2 Å². The van der Waals surface area contributed by atoms with Crippen LogP contribution in [0.25, 0.3) is 22.4 Å². The second-order valence-corrected chi connectivity index (χ2v) is 9.09. The summed E-state index contributed by atoms with van der Waals surface area (Å²) in [7, 11) is 0. The summed E-state index contributed by atoms with van der Waals surface area (Å²) in [5, 5.41) is 4.64. The third kappa shape index (κ3) is 4.69. The Morgan fingerprint density at radius 2 is 1.75 bits per heavy atom. The number of nitrogens with one attached hydrogen (secondary N) is 2. The van der Waals surface area contributed by atoms with Crippen LogP contribution in [0.2, 0.25) is 10.0 Å². The Hall–Kier alpha value is -1.99. The second kappa shape index (κ2) is 9.87. The van der Waals surface area contributed by atoms with E-state index in [-0.39, 0.29) is 18.3 Å². The van der Waals surface area contributed by atoms with Gasteiger partial charge in [0.25, 0.3) is 0 Å². The van der Waals surface area contributed by atoms with E-state index in [0.717, 1.165) is 80.2 Å². The maximum absolute atomic E-state index is 12.8. The van der Waals surface area contributed by atoms with Crippen molar-refractivity contribution in [2.75, 3.05) is 44.2 Å². The summed E-state index contributed by atoms with van der Waals surface area (Å²) in [6.45, 7) is 5.02. The van der Waals surface area contributed by atoms with E-state index in [9.17, 15) is 4.79 Å². The number of aromatic amines is 1. The van der Waals surface area contributed by atoms with Gasteiger partial charge in [0, 0.05) is 48.4 Å². The quantitative estimate of drug-likeness (QED) is 0.558. The number of hydrogen-bond acceptors (Lipinski definition) is 4. The van der Waals surface area contributed by atoms with E-state index in [4.69, 9.17) is 23.2 Å². The number of piperidine rings is 1. The van der Waals surface area contributed by atoms with Crippen LogP contribution in [-0.4, -0.2) is 60.0 Å². The SMILES string of the molecule is Cl.O=C(C1CCNCC1)N1CCN(c2ccc(Cl)c(-c3nc4ccc(Cl)cc4[nH]3)c2)CC1. The van der Waals surface area contributed by atoms with E-state index >= 15 is 0 Å². The fourth-order valence-electron chi connectivity index (χ4n) is 4.51. The van der Waals surface area contributed by atoms with Crippen LogP contribution in [0.3, 0.4) is 0 Å². The summed E-state index contributed by atoms with van der Waals surface area (Å²) in [4.78, 5) is 25.2. The molecule has 3 aromatic rings. The number of aromatic nitrogens is 2. The number of carbonyl (C=O) groups excluding carboxylic acids is 1. The van der Waals surface area contributed by atoms with Crippen LogP contribution in [0.4, 0.5) is 5.69 Å². The van der Waals surface area contributed by atoms with E-state index in [0.29, 0.717) is 16.0 Å². The zero-order valence-electron chi connectivity index (χ0n) is 17.6. The Kier molecular flexibility index (Phi) is 7.15. The smallest absolute Gasteiger partial charge is 0.225 e. The molecule has 2 saturated heterocycles. The number of fused-ring (bicyclic) bond motifs is 1. The zero-order valence-corrected chi connectivity index (χ0v) is 19.9. The minimum absolute atomic E-state index is 0. The highest BCUT2D eigenvalue weighted by atomic mass is 35.5. The molecule has 2 aliphatic heterocycles. The molecule has 5 rings (SSSR count). The third-order valence-corrected chi connectivity index (χ3v) is 6.86. The largest absolute Gasteiger partial charge is 0.368 e. The van der Waals surface area contributed by atoms with Gasteiger partial charge in [-0.05, 0) is 62.3 Å². The molecule has 0 bridgehead atoms. The van der Waals surface area contributed by atoms with E-state index < -0.39 is 0 Å². The first-order chi connectivity index (χ1) is 15.1. The monoisotopic (exact) mass is 493 g/mol. The van der Waals surface area contributed by atoms with Crippen molar-refractivity contribution in [3.63, 3.8) is 0 Å². The summed E-state index contributed by atoms with van der Waals surface area (Å²) in [5.74, 6) is 1.22. The fraction of sp³-hybridized carbons (Fsp3) is 0.391. The molecule has 2 aliphatic rings. The molecule has 0 unspecified atom stereocenters. The van der Waals surface area contributed by atoms with E-state index in [1.807, 2.05) is 35.2 Å². The minimum Gasteiger partial charge on any atom is -0.368 e. The lowest BCUT2D eigenvalue weighted by Crippen LogP contribution is -2.51. The average molecular weight is 495 g/mol. The molecule has 0 saturated carbocycles. The van der Waals surface area contributed by atoms with Gasteiger partial charge in [0.05, 0.1) is 16.1 Å². The number of anilines is 1. The maximum Gasteiger partial charge on any atom is 0.225 e. The van der Waals surface area contributed by atoms with Crippen LogP contribution in [0.1, 0.15) is 12.8 Å². The van der Waals surface area contributed by atoms with E-state index in [2.05, 4.69) is 26.3 Å². The molecule has 2 fully saturated rings. The van der Waals surface area contributed by atoms with Crippen LogP contribution >= 0.6 is 35.6 Å². The van der Waals surface area contributed by atoms with Gasteiger partial charge in [-0.1, -0.05) is 23.2 Å². The number of carbonyl (C=O) groups is 1. The Labute approximate surface area is 203 Å². The number of benzene rings is 2. The van der Waals surface area contributed by atoms with Gasteiger partial charge in [0.15, 0.2) is 0 Å². The van der Waals surface area contributed by atoms with Crippen molar-refractivity contribution in [2.24, 2.45) is 5.92 Å². The molecule has 170 valence electrons. The second-order valence-electron chi connectivity index (χ2n) is 8.25. The first kappa shape index (κ1) is 23.2. The fourth-order valence-corrected chi connectivity index (χ4v) is 4.89. The van der Waals surface area contributed by atoms with Gasteiger partial charge < -0.3 is 20.1 Å². The predicted molar refractivity (Wildman–Crippen MR) is 133 cm³/mol. The Bertz CT molecular complexity index is 1100. The number of nitrogens with zero attached hydrogens (tertiary/aromatic N) is 3. The van der Waals surface area contributed by atoms with Crippen LogP contribution in [-0.2, 0) is 4.79 Å². The molecule has 0 atom stereocenters. The van der Waals surface area contributed by atoms with Crippen molar-refractivity contribution < 1.29 is 4.79 Å². The molecule has 0 spiro atoms. The van der Waals surface area contributed by atoms with Crippen LogP contribution < -0.4 is 10.2 Å². The molecule has 1 aromatic heterocycles. The van der Waals surface area contributed by atoms with Crippen LogP contribution in [0.5, 0.6) is 0 Å². The first-order valence-electron chi connectivity index (χ1n) is 10.8. The molecule has 2 N–H and O–H groups in total. The van der Waals surface area contributed by atoms with Crippen molar-refractivity contribution in [1.82, 2.24) is 20.2 Å². The lowest BCUT2D eigenvalue weighted by Gasteiger charge is -2.38. The Balaban J connectivity index is 0.00000245. The highest BCUT2D eigenvalue weighted by Crippen LogP contribution is 2.32. The maximum atomic E-state index is 12.8. The van der Waals surface area contributed by atoms with E-state index in [1.54, 1.807) is 0 Å². The molecular formula is C23H26Cl3N5O. The standard InChI is InChI=1S/C23H25Cl2N5O.ClH/c24-16-1-4-20-21(13-16)28-22(27-20)18-14-17(2-3-19(18)25)29-9-11-30(12-10-29)23(31)15-5-7-26-8-6-15;/h1-4,13-15,26H,5-12H2,(H,27,28);1H. The van der Waals surface area contributed by atoms with Crippen molar-refractivity contribution in [3.8, 4) is 11.4 Å². The summed E-state index contributed by atoms with van der Waals surface area (Å²) in [6, 6.07) is 11.6. The third-order valence-electron chi connectivity index (χ3n) is 6.29. The molecule has 0 aliphatic carbocycles. The lowest BCUT2D eigenvalue weighted by molar-refractivity contribution is -0.136. The summed E-state index contributed by atoms with van der Waals surface area (Å²) in [5.41, 5.74) is 3.69. The predicted octanol–water partition coefficient (Wildman–Crippen LogP) is 4.61. The highest BCUT2D eigenvalue weighted by Gasteiger charge is 2.28. The van der Waals surface area contributed by atoms with Crippen LogP contribution in [0.15, 0.2) is 36.4 Å². The summed E-state index contributed by atoms with van der Waals surface area (Å²) >= 11 is 12.6. The van der Waals surface area contributed by atoms with Crippen LogP contribution in [0, 0.1) is 5.92 Å². The molecule has 3 heterocycles. The molecule has 9 heteroatoms. The summed E-state index contributed by atoms with van der Waals surface area (Å²) in [6.07, 6.45) is 1.89. The Morgan fingerprint density at radius 3 is 2.50 bits per heavy atom. The van der Waals surface area contributed by atoms with E-state index in [1.165, 1.54) is 0 Å². The van der Waals surface area contributed by atoms with Gasteiger partial charge in [0.1, 0.15) is 5.82 Å². The number of rotatable bonds is 3. The van der Waals surface area contributed by atoms with Gasteiger partial charge >= 0.3 is 0 Å². The molecule has 32 heavy (non-hydrogen) atoms. The molecule has 1 amide bonds. The number of halogens is 3. The topological polar surface area (TPSA) is 64.3 Å². The highest BCUT2D eigenvalue weighted by molar-refractivity contribution is 6.33. The van der Waals surface area contributed by atoms with Crippen molar-refractivity contribution in [1.29, 1.82) is 0 Å². The lowest BCUT2D eigenvalue weighted by atomic mass is 9.96.